The molecule has 0 radical (unpaired) electrons. The van der Waals surface area contributed by atoms with Crippen LogP contribution < -0.4 is 4.90 Å². The normalized spacial score (nSPS) is 15.9. The van der Waals surface area contributed by atoms with Crippen LogP contribution in [0, 0.1) is 0 Å². The molecular weight excluding hydrogens is 332 g/mol. The number of amides is 1. The third kappa shape index (κ3) is 3.15. The lowest BCUT2D eigenvalue weighted by Gasteiger charge is -2.36. The van der Waals surface area contributed by atoms with Crippen LogP contribution in [-0.4, -0.2) is 66.5 Å². The van der Waals surface area contributed by atoms with Crippen molar-refractivity contribution < 1.29 is 4.79 Å². The number of carbonyl (C=O) groups excluding carboxylic acids is 1. The highest BCUT2D eigenvalue weighted by molar-refractivity contribution is 5.80. The van der Waals surface area contributed by atoms with Crippen molar-refractivity contribution in [1.82, 2.24) is 34.4 Å². The molecule has 0 spiro atoms. The molecule has 1 unspecified atom stereocenters. The van der Waals surface area contributed by atoms with Crippen molar-refractivity contribution in [2.45, 2.75) is 13.0 Å². The fourth-order valence-corrected chi connectivity index (χ4v) is 3.08. The van der Waals surface area contributed by atoms with Gasteiger partial charge in [-0.15, -0.1) is 0 Å². The molecule has 1 fully saturated rings. The molecule has 9 nitrogen and oxygen atoms in total. The second kappa shape index (κ2) is 6.95. The molecule has 1 aliphatic rings. The molecule has 4 heterocycles. The fourth-order valence-electron chi connectivity index (χ4n) is 3.08. The summed E-state index contributed by atoms with van der Waals surface area (Å²) in [6, 6.07) is 5.31. The van der Waals surface area contributed by atoms with E-state index < -0.39 is 0 Å². The summed E-state index contributed by atoms with van der Waals surface area (Å²) >= 11 is 0. The molecule has 0 bridgehead atoms. The lowest BCUT2D eigenvalue weighted by molar-refractivity contribution is -0.134. The van der Waals surface area contributed by atoms with Gasteiger partial charge in [-0.2, -0.15) is 10.2 Å². The Labute approximate surface area is 150 Å². The van der Waals surface area contributed by atoms with Crippen molar-refractivity contribution in [1.29, 1.82) is 0 Å². The third-order valence-electron chi connectivity index (χ3n) is 4.57. The Morgan fingerprint density at radius 2 is 1.73 bits per heavy atom. The van der Waals surface area contributed by atoms with Gasteiger partial charge in [0.25, 0.3) is 0 Å². The molecule has 0 aromatic carbocycles. The molecule has 4 rings (SSSR count). The maximum Gasteiger partial charge on any atom is 0.247 e. The molecule has 9 heteroatoms. The van der Waals surface area contributed by atoms with Crippen LogP contribution in [0.4, 0.5) is 5.82 Å². The molecule has 3 aromatic heterocycles. The van der Waals surface area contributed by atoms with Gasteiger partial charge in [0.2, 0.25) is 5.91 Å². The van der Waals surface area contributed by atoms with E-state index in [1.807, 2.05) is 42.4 Å². The van der Waals surface area contributed by atoms with Gasteiger partial charge in [0.15, 0.2) is 5.82 Å². The van der Waals surface area contributed by atoms with Crippen molar-refractivity contribution in [3.8, 4) is 5.82 Å². The molecule has 0 saturated carbocycles. The van der Waals surface area contributed by atoms with Gasteiger partial charge in [0, 0.05) is 57.0 Å². The van der Waals surface area contributed by atoms with Gasteiger partial charge in [-0.1, -0.05) is 0 Å². The monoisotopic (exact) mass is 352 g/mol. The first-order valence-corrected chi connectivity index (χ1v) is 8.57. The van der Waals surface area contributed by atoms with Crippen LogP contribution in [0.5, 0.6) is 0 Å². The highest BCUT2D eigenvalue weighted by atomic mass is 16.2. The predicted octanol–water partition coefficient (Wildman–Crippen LogP) is 0.769. The number of nitrogens with zero attached hydrogens (tertiary/aromatic N) is 8. The Bertz CT molecular complexity index is 853. The van der Waals surface area contributed by atoms with Crippen LogP contribution in [0.3, 0.4) is 0 Å². The van der Waals surface area contributed by atoms with Crippen molar-refractivity contribution in [2.24, 2.45) is 0 Å². The van der Waals surface area contributed by atoms with Crippen molar-refractivity contribution in [3.05, 3.63) is 49.3 Å². The maximum absolute atomic E-state index is 12.7. The number of carbonyl (C=O) groups is 1. The zero-order valence-corrected chi connectivity index (χ0v) is 14.5. The average molecular weight is 352 g/mol. The van der Waals surface area contributed by atoms with Gasteiger partial charge >= 0.3 is 0 Å². The van der Waals surface area contributed by atoms with Crippen LogP contribution in [-0.2, 0) is 4.79 Å². The van der Waals surface area contributed by atoms with Crippen molar-refractivity contribution in [2.75, 3.05) is 31.1 Å². The molecule has 0 aliphatic carbocycles. The van der Waals surface area contributed by atoms with Crippen LogP contribution >= 0.6 is 0 Å². The van der Waals surface area contributed by atoms with E-state index in [0.29, 0.717) is 13.1 Å². The highest BCUT2D eigenvalue weighted by Gasteiger charge is 2.26. The maximum atomic E-state index is 12.7. The van der Waals surface area contributed by atoms with E-state index in [1.54, 1.807) is 28.1 Å². The minimum absolute atomic E-state index is 0.0910. The summed E-state index contributed by atoms with van der Waals surface area (Å²) in [5.74, 6) is 1.66. The van der Waals surface area contributed by atoms with E-state index in [1.165, 1.54) is 0 Å². The van der Waals surface area contributed by atoms with E-state index in [2.05, 4.69) is 25.1 Å². The van der Waals surface area contributed by atoms with Crippen LogP contribution in [0.25, 0.3) is 5.82 Å². The molecular formula is C17H20N8O. The van der Waals surface area contributed by atoms with E-state index >= 15 is 0 Å². The SMILES string of the molecule is CC(C(=O)N1CCN(c2cc(-n3cccn3)ncn2)CC1)n1cccn1. The Hall–Kier alpha value is -3.23. The van der Waals surface area contributed by atoms with Gasteiger partial charge in [0.1, 0.15) is 18.2 Å². The van der Waals surface area contributed by atoms with Gasteiger partial charge in [-0.05, 0) is 19.1 Å². The topological polar surface area (TPSA) is 85.0 Å². The number of rotatable bonds is 4. The summed E-state index contributed by atoms with van der Waals surface area (Å²) < 4.78 is 3.40. The first-order chi connectivity index (χ1) is 12.7. The lowest BCUT2D eigenvalue weighted by atomic mass is 10.2. The van der Waals surface area contributed by atoms with E-state index in [-0.39, 0.29) is 11.9 Å². The van der Waals surface area contributed by atoms with Crippen LogP contribution in [0.1, 0.15) is 13.0 Å². The van der Waals surface area contributed by atoms with E-state index in [9.17, 15) is 4.79 Å². The second-order valence-electron chi connectivity index (χ2n) is 6.16. The van der Waals surface area contributed by atoms with E-state index in [4.69, 9.17) is 0 Å². The smallest absolute Gasteiger partial charge is 0.247 e. The Balaban J connectivity index is 1.41. The second-order valence-corrected chi connectivity index (χ2v) is 6.16. The fraction of sp³-hybridized carbons (Fsp3) is 0.353. The first kappa shape index (κ1) is 16.2. The minimum Gasteiger partial charge on any atom is -0.353 e. The number of aromatic nitrogens is 6. The summed E-state index contributed by atoms with van der Waals surface area (Å²) in [6.07, 6.45) is 8.61. The molecule has 1 atom stereocenters. The average Bonchev–Trinajstić information content (AvgIpc) is 3.41. The summed E-state index contributed by atoms with van der Waals surface area (Å²) in [5.41, 5.74) is 0. The van der Waals surface area contributed by atoms with Crippen LogP contribution in [0.2, 0.25) is 0 Å². The standard InChI is InChI=1S/C17H20N8O/c1-14(24-6-2-4-20-24)17(26)23-10-8-22(9-11-23)15-12-16(19-13-18-15)25-7-3-5-21-25/h2-7,12-14H,8-11H2,1H3. The molecule has 1 aliphatic heterocycles. The molecule has 1 amide bonds. The van der Waals surface area contributed by atoms with Crippen molar-refractivity contribution >= 4 is 11.7 Å². The summed E-state index contributed by atoms with van der Waals surface area (Å²) in [5, 5.41) is 8.36. The molecule has 3 aromatic rings. The van der Waals surface area contributed by atoms with Gasteiger partial charge in [0.05, 0.1) is 0 Å². The largest absolute Gasteiger partial charge is 0.353 e. The molecule has 0 N–H and O–H groups in total. The number of piperazine rings is 1. The Kier molecular flexibility index (Phi) is 4.34. The first-order valence-electron chi connectivity index (χ1n) is 8.57. The quantitative estimate of drug-likeness (QED) is 0.689. The number of hydrogen-bond donors (Lipinski definition) is 0. The minimum atomic E-state index is -0.290. The summed E-state index contributed by atoms with van der Waals surface area (Å²) in [7, 11) is 0. The lowest BCUT2D eigenvalue weighted by Crippen LogP contribution is -2.50. The van der Waals surface area contributed by atoms with Gasteiger partial charge in [-0.25, -0.2) is 14.6 Å². The van der Waals surface area contributed by atoms with Crippen LogP contribution in [0.15, 0.2) is 49.3 Å². The third-order valence-corrected chi connectivity index (χ3v) is 4.57. The predicted molar refractivity (Wildman–Crippen MR) is 94.9 cm³/mol. The van der Waals surface area contributed by atoms with Gasteiger partial charge < -0.3 is 9.80 Å². The zero-order chi connectivity index (χ0) is 17.9. The number of anilines is 1. The summed E-state index contributed by atoms with van der Waals surface area (Å²) in [6.45, 7) is 4.65. The Morgan fingerprint density at radius 3 is 2.42 bits per heavy atom. The molecule has 26 heavy (non-hydrogen) atoms. The molecule has 134 valence electrons. The van der Waals surface area contributed by atoms with E-state index in [0.717, 1.165) is 24.7 Å². The molecule has 1 saturated heterocycles. The zero-order valence-electron chi connectivity index (χ0n) is 14.5. The summed E-state index contributed by atoms with van der Waals surface area (Å²) in [4.78, 5) is 25.3. The highest BCUT2D eigenvalue weighted by Crippen LogP contribution is 2.17. The number of hydrogen-bond acceptors (Lipinski definition) is 6. The van der Waals surface area contributed by atoms with Gasteiger partial charge in [-0.3, -0.25) is 9.48 Å². The van der Waals surface area contributed by atoms with Crippen molar-refractivity contribution in [3.63, 3.8) is 0 Å². The Morgan fingerprint density at radius 1 is 1.00 bits per heavy atom.